The molecule has 0 aromatic heterocycles. The zero-order valence-electron chi connectivity index (χ0n) is 27.8. The summed E-state index contributed by atoms with van der Waals surface area (Å²) in [6, 6.07) is 0. The lowest BCUT2D eigenvalue weighted by Gasteiger charge is -2.30. The molecule has 260 valence electrons. The Morgan fingerprint density at radius 1 is 0.822 bits per heavy atom. The molecular formula is C30H54N3O11P. The highest BCUT2D eigenvalue weighted by Gasteiger charge is 2.39. The number of nitrogens with two attached hydrogens (primary N) is 1. The Kier molecular flexibility index (Phi) is 17.0. The molecule has 45 heavy (non-hydrogen) atoms. The first-order chi connectivity index (χ1) is 21.3. The molecule has 0 amide bonds. The zero-order chi connectivity index (χ0) is 33.4. The van der Waals surface area contributed by atoms with Crippen molar-refractivity contribution < 1.29 is 51.7 Å². The van der Waals surface area contributed by atoms with Gasteiger partial charge in [0.1, 0.15) is 18.8 Å². The molecule has 2 aliphatic rings. The van der Waals surface area contributed by atoms with Gasteiger partial charge in [0, 0.05) is 18.9 Å². The maximum atomic E-state index is 14.3. The Bertz CT molecular complexity index is 946. The number of likely N-dealkylation sites (N-methyl/N-ethyl adjacent to an activating group) is 1. The summed E-state index contributed by atoms with van der Waals surface area (Å²) in [7, 11) is -3.27. The van der Waals surface area contributed by atoms with Crippen molar-refractivity contribution in [2.24, 2.45) is 22.3 Å². The van der Waals surface area contributed by atoms with E-state index < -0.39 is 50.4 Å². The predicted molar refractivity (Wildman–Crippen MR) is 166 cm³/mol. The average Bonchev–Trinajstić information content (AvgIpc) is 2.97. The van der Waals surface area contributed by atoms with E-state index >= 15 is 0 Å². The number of nitrogens with zero attached hydrogens (tertiary/aromatic N) is 2. The number of carbonyl (C=O) groups is 3. The van der Waals surface area contributed by atoms with Gasteiger partial charge < -0.3 is 34.3 Å². The second-order valence-electron chi connectivity index (χ2n) is 12.3. The van der Waals surface area contributed by atoms with Crippen LogP contribution in [0.15, 0.2) is 4.76 Å². The molecule has 0 saturated heterocycles. The lowest BCUT2D eigenvalue weighted by molar-refractivity contribution is -0.144. The maximum Gasteiger partial charge on any atom is 0.510 e. The van der Waals surface area contributed by atoms with Crippen molar-refractivity contribution >= 4 is 32.0 Å². The van der Waals surface area contributed by atoms with Crippen molar-refractivity contribution in [3.8, 4) is 0 Å². The predicted octanol–water partition coefficient (Wildman–Crippen LogP) is 6.65. The van der Waals surface area contributed by atoms with Crippen LogP contribution in [0.3, 0.4) is 0 Å². The third kappa shape index (κ3) is 15.0. The highest BCUT2D eigenvalue weighted by atomic mass is 31.2. The molecule has 0 aromatic rings. The maximum absolute atomic E-state index is 14.3. The number of guanidine groups is 1. The minimum Gasteiger partial charge on any atom is -0.464 e. The second-order valence-corrected chi connectivity index (χ2v) is 13.8. The Hall–Kier alpha value is -2.57. The van der Waals surface area contributed by atoms with Crippen LogP contribution in [0.1, 0.15) is 112 Å². The highest BCUT2D eigenvalue weighted by Crippen LogP contribution is 2.54. The number of esters is 1. The van der Waals surface area contributed by atoms with Crippen molar-refractivity contribution in [1.29, 1.82) is 0 Å². The lowest BCUT2D eigenvalue weighted by Crippen LogP contribution is -2.39. The van der Waals surface area contributed by atoms with Crippen molar-refractivity contribution in [3.05, 3.63) is 0 Å². The van der Waals surface area contributed by atoms with E-state index in [1.54, 1.807) is 27.7 Å². The molecule has 0 heterocycles. The van der Waals surface area contributed by atoms with Crippen LogP contribution >= 0.6 is 7.75 Å². The molecule has 2 unspecified atom stereocenters. The lowest BCUT2D eigenvalue weighted by atomic mass is 9.98. The van der Waals surface area contributed by atoms with Crippen LogP contribution < -0.4 is 5.73 Å². The van der Waals surface area contributed by atoms with Crippen LogP contribution in [0.2, 0.25) is 0 Å². The SMILES string of the molecule is CCCCOC(=O)CN(C)/C(N)=N/P(=O)(OC(OC(=O)OC1CCCCC1)C(C)C)OC(OC(=O)OC1CCCCC1)C(C)C. The molecule has 2 rings (SSSR count). The van der Waals surface area contributed by atoms with E-state index in [9.17, 15) is 18.9 Å². The molecule has 0 bridgehead atoms. The van der Waals surface area contributed by atoms with E-state index in [2.05, 4.69) is 4.76 Å². The van der Waals surface area contributed by atoms with Crippen molar-refractivity contribution in [1.82, 2.24) is 4.90 Å². The minimum absolute atomic E-state index is 0.250. The molecule has 2 N–H and O–H groups in total. The smallest absolute Gasteiger partial charge is 0.464 e. The van der Waals surface area contributed by atoms with Crippen LogP contribution in [0, 0.1) is 11.8 Å². The molecule has 14 nitrogen and oxygen atoms in total. The summed E-state index contributed by atoms with van der Waals surface area (Å²) in [6.07, 6.45) is 4.97. The van der Waals surface area contributed by atoms with Gasteiger partial charge in [0.05, 0.1) is 6.61 Å². The third-order valence-corrected chi connectivity index (χ3v) is 8.76. The molecule has 2 atom stereocenters. The monoisotopic (exact) mass is 663 g/mol. The van der Waals surface area contributed by atoms with Gasteiger partial charge in [0.15, 0.2) is 0 Å². The molecule has 0 aromatic carbocycles. The largest absolute Gasteiger partial charge is 0.510 e. The molecule has 2 aliphatic carbocycles. The molecule has 15 heteroatoms. The fraction of sp³-hybridized carbons (Fsp3) is 0.867. The summed E-state index contributed by atoms with van der Waals surface area (Å²) < 4.78 is 56.7. The van der Waals surface area contributed by atoms with Gasteiger partial charge in [0.2, 0.25) is 18.5 Å². The Balaban J connectivity index is 2.25. The van der Waals surface area contributed by atoms with Crippen molar-refractivity contribution in [3.63, 3.8) is 0 Å². The Morgan fingerprint density at radius 2 is 1.27 bits per heavy atom. The topological polar surface area (TPSA) is 175 Å². The van der Waals surface area contributed by atoms with Crippen LogP contribution in [-0.2, 0) is 42.1 Å². The molecule has 0 radical (unpaired) electrons. The normalized spacial score (nSPS) is 19.3. The molecular weight excluding hydrogens is 609 g/mol. The van der Waals surface area contributed by atoms with E-state index in [1.165, 1.54) is 11.9 Å². The number of hydrogen-bond donors (Lipinski definition) is 1. The van der Waals surface area contributed by atoms with Gasteiger partial charge in [-0.25, -0.2) is 23.2 Å². The molecule has 0 spiro atoms. The number of carbonyl (C=O) groups excluding carboxylic acids is 3. The first-order valence-electron chi connectivity index (χ1n) is 16.3. The summed E-state index contributed by atoms with van der Waals surface area (Å²) in [6.45, 7) is 8.61. The minimum atomic E-state index is -4.71. The average molecular weight is 664 g/mol. The Morgan fingerprint density at radius 3 is 1.67 bits per heavy atom. The van der Waals surface area contributed by atoms with Crippen LogP contribution in [0.5, 0.6) is 0 Å². The third-order valence-electron chi connectivity index (χ3n) is 7.36. The van der Waals surface area contributed by atoms with Crippen molar-refractivity contribution in [2.75, 3.05) is 20.2 Å². The molecule has 2 saturated carbocycles. The molecule has 0 aliphatic heterocycles. The second kappa shape index (κ2) is 19.8. The van der Waals surface area contributed by atoms with Crippen LogP contribution in [0.4, 0.5) is 9.59 Å². The van der Waals surface area contributed by atoms with E-state index in [4.69, 9.17) is 38.5 Å². The van der Waals surface area contributed by atoms with Gasteiger partial charge in [-0.1, -0.05) is 53.9 Å². The van der Waals surface area contributed by atoms with E-state index in [0.29, 0.717) is 6.42 Å². The number of ether oxygens (including phenoxy) is 5. The summed E-state index contributed by atoms with van der Waals surface area (Å²) in [5, 5.41) is 0. The summed E-state index contributed by atoms with van der Waals surface area (Å²) in [5.74, 6) is -2.01. The first kappa shape index (κ1) is 38.6. The van der Waals surface area contributed by atoms with Crippen molar-refractivity contribution in [2.45, 2.75) is 136 Å². The van der Waals surface area contributed by atoms with E-state index in [0.717, 1.165) is 70.6 Å². The quantitative estimate of drug-likeness (QED) is 0.0354. The van der Waals surface area contributed by atoms with Gasteiger partial charge in [-0.15, -0.1) is 4.76 Å². The van der Waals surface area contributed by atoms with Gasteiger partial charge in [-0.05, 0) is 57.8 Å². The fourth-order valence-electron chi connectivity index (χ4n) is 4.63. The van der Waals surface area contributed by atoms with Gasteiger partial charge >= 0.3 is 26.0 Å². The Labute approximate surface area is 267 Å². The fourth-order valence-corrected chi connectivity index (χ4v) is 6.27. The zero-order valence-corrected chi connectivity index (χ0v) is 28.7. The summed E-state index contributed by atoms with van der Waals surface area (Å²) in [4.78, 5) is 38.8. The number of rotatable bonds is 16. The van der Waals surface area contributed by atoms with Gasteiger partial charge in [0.25, 0.3) is 0 Å². The molecule has 2 fully saturated rings. The standard InChI is InChI=1S/C30H54N3O11P/c1-7-8-19-38-25(34)20-33(6)28(31)32-45(37,43-26(21(2)3)41-29(35)39-23-15-11-9-12-16-23)44-27(22(4)5)42-30(36)40-24-17-13-10-14-18-24/h21-24,26-27H,7-20H2,1-6H3,(H2,31,32,37). The number of hydrogen-bond acceptors (Lipinski definition) is 11. The summed E-state index contributed by atoms with van der Waals surface area (Å²) in [5.41, 5.74) is 6.13. The van der Waals surface area contributed by atoms with Gasteiger partial charge in [-0.2, -0.15) is 0 Å². The first-order valence-corrected chi connectivity index (χ1v) is 17.7. The van der Waals surface area contributed by atoms with E-state index in [-0.39, 0.29) is 31.3 Å². The van der Waals surface area contributed by atoms with E-state index in [1.807, 2.05) is 6.92 Å². The van der Waals surface area contributed by atoms with Crippen LogP contribution in [0.25, 0.3) is 0 Å². The highest BCUT2D eigenvalue weighted by molar-refractivity contribution is 7.52. The summed E-state index contributed by atoms with van der Waals surface area (Å²) >= 11 is 0. The number of unbranched alkanes of at least 4 members (excludes halogenated alkanes) is 1. The van der Waals surface area contributed by atoms with Gasteiger partial charge in [-0.3, -0.25) is 4.79 Å². The van der Waals surface area contributed by atoms with Crippen LogP contribution in [-0.4, -0.2) is 74.1 Å².